The summed E-state index contributed by atoms with van der Waals surface area (Å²) < 4.78 is 23.8. The van der Waals surface area contributed by atoms with E-state index in [2.05, 4.69) is 48.5 Å². The lowest BCUT2D eigenvalue weighted by molar-refractivity contribution is -0.142. The third-order valence-electron chi connectivity index (χ3n) is 7.66. The fourth-order valence-corrected chi connectivity index (χ4v) is 5.31. The number of unbranched alkanes of at least 4 members (excludes halogenated alkanes) is 3. The zero-order chi connectivity index (χ0) is 31.1. The molecule has 0 saturated heterocycles. The van der Waals surface area contributed by atoms with Crippen molar-refractivity contribution in [2.75, 3.05) is 13.2 Å². The Balaban J connectivity index is 1.09. The molecule has 45 heavy (non-hydrogen) atoms. The van der Waals surface area contributed by atoms with E-state index < -0.39 is 0 Å². The Labute approximate surface area is 266 Å². The second-order valence-electron chi connectivity index (χ2n) is 11.1. The highest BCUT2D eigenvalue weighted by molar-refractivity contribution is 5.85. The van der Waals surface area contributed by atoms with Crippen LogP contribution in [0.4, 0.5) is 0 Å². The van der Waals surface area contributed by atoms with E-state index in [9.17, 15) is 4.79 Å². The van der Waals surface area contributed by atoms with Gasteiger partial charge in [0.15, 0.2) is 11.5 Å². The van der Waals surface area contributed by atoms with Gasteiger partial charge in [-0.25, -0.2) is 0 Å². The highest BCUT2D eigenvalue weighted by Crippen LogP contribution is 2.34. The number of hydrogen-bond donors (Lipinski definition) is 0. The van der Waals surface area contributed by atoms with Crippen LogP contribution in [-0.2, 0) is 35.6 Å². The molecule has 0 aliphatic carbocycles. The van der Waals surface area contributed by atoms with E-state index >= 15 is 0 Å². The monoisotopic (exact) mass is 602 g/mol. The number of rotatable bonds is 17. The third kappa shape index (κ3) is 9.87. The fourth-order valence-electron chi connectivity index (χ4n) is 5.31. The van der Waals surface area contributed by atoms with Gasteiger partial charge in [0.2, 0.25) is 0 Å². The van der Waals surface area contributed by atoms with Crippen molar-refractivity contribution in [3.05, 3.63) is 138 Å². The topological polar surface area (TPSA) is 54.0 Å². The van der Waals surface area contributed by atoms with E-state index in [1.54, 1.807) is 0 Å². The summed E-state index contributed by atoms with van der Waals surface area (Å²) in [5, 5.41) is 2.19. The molecule has 5 nitrogen and oxygen atoms in total. The number of fused-ring (bicyclic) bond motifs is 1. The first-order chi connectivity index (χ1) is 22.2. The molecule has 0 spiro atoms. The van der Waals surface area contributed by atoms with Crippen LogP contribution in [0, 0.1) is 0 Å². The first kappa shape index (κ1) is 31.6. The molecule has 0 amide bonds. The van der Waals surface area contributed by atoms with Crippen LogP contribution in [0.2, 0.25) is 0 Å². The fraction of sp³-hybridized carbons (Fsp3) is 0.275. The molecule has 0 aliphatic heterocycles. The molecule has 5 aromatic rings. The van der Waals surface area contributed by atoms with Crippen LogP contribution in [0.5, 0.6) is 17.2 Å². The van der Waals surface area contributed by atoms with Crippen LogP contribution in [0.15, 0.2) is 115 Å². The summed E-state index contributed by atoms with van der Waals surface area (Å²) in [6.07, 6.45) is 5.47. The van der Waals surface area contributed by atoms with Crippen molar-refractivity contribution in [1.82, 2.24) is 0 Å². The van der Waals surface area contributed by atoms with Crippen LogP contribution in [0.3, 0.4) is 0 Å². The van der Waals surface area contributed by atoms with Crippen LogP contribution < -0.4 is 14.2 Å². The molecule has 5 heteroatoms. The SMILES string of the molecule is CCOC(=O)Cc1ccc2cc(OCCCCCCc3cccc(OCc4ccccc4)c3OCc3ccccc3)ccc2c1. The van der Waals surface area contributed by atoms with Gasteiger partial charge < -0.3 is 18.9 Å². The summed E-state index contributed by atoms with van der Waals surface area (Å²) >= 11 is 0. The quantitative estimate of drug-likeness (QED) is 0.0784. The maximum atomic E-state index is 11.8. The molecular formula is C40H42O5. The first-order valence-corrected chi connectivity index (χ1v) is 15.9. The van der Waals surface area contributed by atoms with E-state index in [1.165, 1.54) is 5.56 Å². The van der Waals surface area contributed by atoms with E-state index in [-0.39, 0.29) is 12.4 Å². The van der Waals surface area contributed by atoms with Crippen molar-refractivity contribution < 1.29 is 23.7 Å². The minimum absolute atomic E-state index is 0.199. The number of para-hydroxylation sites is 1. The van der Waals surface area contributed by atoms with Gasteiger partial charge in [0, 0.05) is 0 Å². The van der Waals surface area contributed by atoms with E-state index in [4.69, 9.17) is 18.9 Å². The van der Waals surface area contributed by atoms with Gasteiger partial charge in [-0.1, -0.05) is 110 Å². The zero-order valence-corrected chi connectivity index (χ0v) is 26.1. The maximum Gasteiger partial charge on any atom is 0.310 e. The number of carbonyl (C=O) groups is 1. The van der Waals surface area contributed by atoms with Crippen molar-refractivity contribution in [2.24, 2.45) is 0 Å². The number of benzene rings is 5. The molecule has 0 bridgehead atoms. The second kappa shape index (κ2) is 16.9. The molecule has 0 atom stereocenters. The summed E-state index contributed by atoms with van der Waals surface area (Å²) in [4.78, 5) is 11.8. The van der Waals surface area contributed by atoms with Gasteiger partial charge in [-0.2, -0.15) is 0 Å². The standard InChI is InChI=1S/C40H42O5/c1-2-42-39(41)27-33-21-22-36-28-37(24-23-35(36)26-33)43-25-12-4-3-11-18-34-19-13-20-38(44-29-31-14-7-5-8-15-31)40(34)45-30-32-16-9-6-10-17-32/h5-10,13-17,19-24,26,28H,2-4,11-12,18,25,27,29-30H2,1H3. The number of hydrogen-bond acceptors (Lipinski definition) is 5. The molecule has 0 aliphatic rings. The van der Waals surface area contributed by atoms with Crippen molar-refractivity contribution in [3.8, 4) is 17.2 Å². The van der Waals surface area contributed by atoms with Gasteiger partial charge in [-0.3, -0.25) is 4.79 Å². The van der Waals surface area contributed by atoms with Gasteiger partial charge in [-0.15, -0.1) is 0 Å². The van der Waals surface area contributed by atoms with E-state index in [1.807, 2.05) is 73.7 Å². The van der Waals surface area contributed by atoms with E-state index in [0.717, 1.165) is 76.8 Å². The zero-order valence-electron chi connectivity index (χ0n) is 26.1. The Hall–Kier alpha value is -4.77. The van der Waals surface area contributed by atoms with Gasteiger partial charge in [0.1, 0.15) is 19.0 Å². The maximum absolute atomic E-state index is 11.8. The number of aryl methyl sites for hydroxylation is 1. The predicted octanol–water partition coefficient (Wildman–Crippen LogP) is 9.29. The number of esters is 1. The Bertz CT molecular complexity index is 1630. The lowest BCUT2D eigenvalue weighted by atomic mass is 10.0. The smallest absolute Gasteiger partial charge is 0.310 e. The summed E-state index contributed by atoms with van der Waals surface area (Å²) in [7, 11) is 0. The number of carbonyl (C=O) groups excluding carboxylic acids is 1. The van der Waals surface area contributed by atoms with Crippen LogP contribution in [0.1, 0.15) is 54.9 Å². The van der Waals surface area contributed by atoms with Gasteiger partial charge in [0.05, 0.1) is 19.6 Å². The van der Waals surface area contributed by atoms with Crippen molar-refractivity contribution in [3.63, 3.8) is 0 Å². The largest absolute Gasteiger partial charge is 0.494 e. The number of ether oxygens (including phenoxy) is 4. The van der Waals surface area contributed by atoms with Gasteiger partial charge in [0.25, 0.3) is 0 Å². The Morgan fingerprint density at radius 1 is 0.600 bits per heavy atom. The molecule has 0 unspecified atom stereocenters. The molecule has 0 aromatic heterocycles. The Morgan fingerprint density at radius 3 is 2.04 bits per heavy atom. The van der Waals surface area contributed by atoms with Crippen LogP contribution >= 0.6 is 0 Å². The minimum atomic E-state index is -0.199. The van der Waals surface area contributed by atoms with Gasteiger partial charge >= 0.3 is 5.97 Å². The first-order valence-electron chi connectivity index (χ1n) is 15.9. The predicted molar refractivity (Wildman–Crippen MR) is 180 cm³/mol. The second-order valence-corrected chi connectivity index (χ2v) is 11.1. The van der Waals surface area contributed by atoms with Crippen molar-refractivity contribution >= 4 is 16.7 Å². The van der Waals surface area contributed by atoms with Crippen molar-refractivity contribution in [1.29, 1.82) is 0 Å². The molecule has 0 N–H and O–H groups in total. The minimum Gasteiger partial charge on any atom is -0.494 e. The van der Waals surface area contributed by atoms with Crippen LogP contribution in [0.25, 0.3) is 10.8 Å². The molecule has 5 aromatic carbocycles. The molecule has 0 radical (unpaired) electrons. The third-order valence-corrected chi connectivity index (χ3v) is 7.66. The Kier molecular flexibility index (Phi) is 11.9. The molecule has 0 heterocycles. The summed E-state index contributed by atoms with van der Waals surface area (Å²) in [6, 6.07) is 38.8. The average molecular weight is 603 g/mol. The molecule has 232 valence electrons. The summed E-state index contributed by atoms with van der Waals surface area (Å²) in [5.74, 6) is 2.29. The molecule has 5 rings (SSSR count). The Morgan fingerprint density at radius 2 is 1.29 bits per heavy atom. The average Bonchev–Trinajstić information content (AvgIpc) is 3.07. The summed E-state index contributed by atoms with van der Waals surface area (Å²) in [6.45, 7) is 3.90. The lowest BCUT2D eigenvalue weighted by Gasteiger charge is -2.17. The lowest BCUT2D eigenvalue weighted by Crippen LogP contribution is -2.07. The van der Waals surface area contributed by atoms with Crippen LogP contribution in [-0.4, -0.2) is 19.2 Å². The van der Waals surface area contributed by atoms with E-state index in [0.29, 0.717) is 26.4 Å². The summed E-state index contributed by atoms with van der Waals surface area (Å²) in [5.41, 5.74) is 4.39. The van der Waals surface area contributed by atoms with Crippen molar-refractivity contribution in [2.45, 2.75) is 58.7 Å². The normalized spacial score (nSPS) is 10.9. The molecule has 0 fully saturated rings. The molecule has 0 saturated carbocycles. The van der Waals surface area contributed by atoms with Gasteiger partial charge in [-0.05, 0) is 77.4 Å². The highest BCUT2D eigenvalue weighted by Gasteiger charge is 2.12. The molecular weight excluding hydrogens is 560 g/mol. The highest BCUT2D eigenvalue weighted by atomic mass is 16.5.